The number of carbonyl (C=O) groups excluding carboxylic acids is 2. The van der Waals surface area contributed by atoms with Crippen LogP contribution in [0.5, 0.6) is 0 Å². The van der Waals surface area contributed by atoms with Crippen LogP contribution in [-0.2, 0) is 9.53 Å². The van der Waals surface area contributed by atoms with Gasteiger partial charge in [0.1, 0.15) is 6.61 Å². The van der Waals surface area contributed by atoms with Crippen LogP contribution in [0, 0.1) is 6.92 Å². The Bertz CT molecular complexity index is 1220. The predicted octanol–water partition coefficient (Wildman–Crippen LogP) is 5.34. The molecule has 0 heterocycles. The van der Waals surface area contributed by atoms with Gasteiger partial charge < -0.3 is 20.5 Å². The van der Waals surface area contributed by atoms with Gasteiger partial charge in [0.05, 0.1) is 11.3 Å². The number of hydrogen-bond acceptors (Lipinski definition) is 4. The second kappa shape index (κ2) is 10.4. The lowest BCUT2D eigenvalue weighted by Gasteiger charge is -2.19. The standard InChI is InChI=1S/C28H28N2O5/c1-3-18(15-25(31)30-24-14-8-9-17(2)26(24)27(32)33)29-28(34)35-16-23-21-12-6-4-10-19(21)20-11-5-7-13-22(20)23/h4-14,18,23H,3,15-16H2,1-2H3,(H,29,34)(H,30,31)(H,32,33)/t18-/m1/s1. The molecule has 180 valence electrons. The Morgan fingerprint density at radius 3 is 2.17 bits per heavy atom. The van der Waals surface area contributed by atoms with Gasteiger partial charge in [-0.05, 0) is 47.2 Å². The minimum Gasteiger partial charge on any atom is -0.478 e. The van der Waals surface area contributed by atoms with E-state index in [0.29, 0.717) is 12.0 Å². The zero-order chi connectivity index (χ0) is 24.9. The van der Waals surface area contributed by atoms with Crippen LogP contribution in [0.3, 0.4) is 0 Å². The van der Waals surface area contributed by atoms with E-state index in [1.165, 1.54) is 0 Å². The van der Waals surface area contributed by atoms with Crippen LogP contribution in [0.2, 0.25) is 0 Å². The Kier molecular flexibility index (Phi) is 7.15. The van der Waals surface area contributed by atoms with Crippen molar-refractivity contribution in [3.05, 3.63) is 89.0 Å². The summed E-state index contributed by atoms with van der Waals surface area (Å²) in [7, 11) is 0. The molecule has 7 heteroatoms. The van der Waals surface area contributed by atoms with Crippen molar-refractivity contribution in [3.8, 4) is 11.1 Å². The number of carbonyl (C=O) groups is 3. The smallest absolute Gasteiger partial charge is 0.407 e. The number of hydrogen-bond donors (Lipinski definition) is 3. The zero-order valence-electron chi connectivity index (χ0n) is 19.7. The minimum absolute atomic E-state index is 0.00625. The van der Waals surface area contributed by atoms with Crippen molar-refractivity contribution in [2.24, 2.45) is 0 Å². The Labute approximate surface area is 204 Å². The van der Waals surface area contributed by atoms with E-state index in [0.717, 1.165) is 22.3 Å². The lowest BCUT2D eigenvalue weighted by Crippen LogP contribution is -2.38. The topological polar surface area (TPSA) is 105 Å². The van der Waals surface area contributed by atoms with E-state index < -0.39 is 18.1 Å². The molecule has 3 aromatic carbocycles. The number of anilines is 1. The molecule has 0 saturated heterocycles. The molecule has 3 N–H and O–H groups in total. The molecule has 4 rings (SSSR count). The van der Waals surface area contributed by atoms with Gasteiger partial charge in [-0.2, -0.15) is 0 Å². The minimum atomic E-state index is -1.11. The summed E-state index contributed by atoms with van der Waals surface area (Å²) in [5, 5.41) is 14.9. The predicted molar refractivity (Wildman–Crippen MR) is 134 cm³/mol. The molecule has 1 aliphatic carbocycles. The summed E-state index contributed by atoms with van der Waals surface area (Å²) < 4.78 is 5.58. The number of fused-ring (bicyclic) bond motifs is 3. The van der Waals surface area contributed by atoms with Crippen LogP contribution < -0.4 is 10.6 Å². The first-order valence-electron chi connectivity index (χ1n) is 11.6. The van der Waals surface area contributed by atoms with Gasteiger partial charge in [0.15, 0.2) is 0 Å². The van der Waals surface area contributed by atoms with Gasteiger partial charge >= 0.3 is 12.1 Å². The summed E-state index contributed by atoms with van der Waals surface area (Å²) in [4.78, 5) is 36.7. The molecule has 2 amide bonds. The molecule has 0 aromatic heterocycles. The van der Waals surface area contributed by atoms with Crippen molar-refractivity contribution in [1.82, 2.24) is 5.32 Å². The van der Waals surface area contributed by atoms with E-state index in [4.69, 9.17) is 4.74 Å². The van der Waals surface area contributed by atoms with Gasteiger partial charge in [-0.25, -0.2) is 9.59 Å². The molecule has 1 atom stereocenters. The first-order valence-corrected chi connectivity index (χ1v) is 11.6. The van der Waals surface area contributed by atoms with Gasteiger partial charge in [0, 0.05) is 18.4 Å². The summed E-state index contributed by atoms with van der Waals surface area (Å²) >= 11 is 0. The van der Waals surface area contributed by atoms with Crippen molar-refractivity contribution < 1.29 is 24.2 Å². The largest absolute Gasteiger partial charge is 0.478 e. The number of amides is 2. The number of nitrogens with one attached hydrogen (secondary N) is 2. The second-order valence-corrected chi connectivity index (χ2v) is 8.63. The maximum Gasteiger partial charge on any atom is 0.407 e. The molecule has 0 spiro atoms. The first-order chi connectivity index (χ1) is 16.9. The maximum atomic E-state index is 12.6. The Morgan fingerprint density at radius 2 is 1.57 bits per heavy atom. The van der Waals surface area contributed by atoms with Crippen LogP contribution in [0.25, 0.3) is 11.1 Å². The maximum absolute atomic E-state index is 12.6. The van der Waals surface area contributed by atoms with Crippen molar-refractivity contribution >= 4 is 23.7 Å². The van der Waals surface area contributed by atoms with Gasteiger partial charge in [0.25, 0.3) is 0 Å². The summed E-state index contributed by atoms with van der Waals surface area (Å²) in [6, 6.07) is 20.7. The first kappa shape index (κ1) is 24.0. The SMILES string of the molecule is CC[C@H](CC(=O)Nc1cccc(C)c1C(=O)O)NC(=O)OCC1c2ccccc2-c2ccccc21. The number of aryl methyl sites for hydroxylation is 1. The lowest BCUT2D eigenvalue weighted by atomic mass is 9.98. The van der Waals surface area contributed by atoms with Crippen LogP contribution in [0.1, 0.15) is 52.7 Å². The fourth-order valence-corrected chi connectivity index (χ4v) is 4.59. The lowest BCUT2D eigenvalue weighted by molar-refractivity contribution is -0.116. The molecule has 1 aliphatic rings. The van der Waals surface area contributed by atoms with E-state index in [2.05, 4.69) is 34.9 Å². The number of ether oxygens (including phenoxy) is 1. The van der Waals surface area contributed by atoms with E-state index in [1.54, 1.807) is 25.1 Å². The van der Waals surface area contributed by atoms with Crippen LogP contribution in [0.15, 0.2) is 66.7 Å². The quantitative estimate of drug-likeness (QED) is 0.411. The fraction of sp³-hybridized carbons (Fsp3) is 0.250. The number of alkyl carbamates (subject to hydrolysis) is 1. The average Bonchev–Trinajstić information content (AvgIpc) is 3.16. The summed E-state index contributed by atoms with van der Waals surface area (Å²) in [6.45, 7) is 3.72. The van der Waals surface area contributed by atoms with Crippen molar-refractivity contribution in [1.29, 1.82) is 0 Å². The summed E-state index contributed by atoms with van der Waals surface area (Å²) in [5.74, 6) is -1.54. The van der Waals surface area contributed by atoms with Crippen LogP contribution in [0.4, 0.5) is 10.5 Å². The monoisotopic (exact) mass is 472 g/mol. The second-order valence-electron chi connectivity index (χ2n) is 8.63. The van der Waals surface area contributed by atoms with Gasteiger partial charge in [-0.3, -0.25) is 4.79 Å². The zero-order valence-corrected chi connectivity index (χ0v) is 19.7. The highest BCUT2D eigenvalue weighted by Gasteiger charge is 2.29. The van der Waals surface area contributed by atoms with E-state index in [1.807, 2.05) is 31.2 Å². The molecule has 0 fully saturated rings. The third kappa shape index (κ3) is 5.19. The van der Waals surface area contributed by atoms with E-state index >= 15 is 0 Å². The number of carboxylic acids is 1. The molecule has 35 heavy (non-hydrogen) atoms. The molecule has 3 aromatic rings. The molecule has 0 bridgehead atoms. The number of rotatable bonds is 8. The molecule has 0 unspecified atom stereocenters. The van der Waals surface area contributed by atoms with Gasteiger partial charge in [0.2, 0.25) is 5.91 Å². The third-order valence-corrected chi connectivity index (χ3v) is 6.35. The Hall–Kier alpha value is -4.13. The van der Waals surface area contributed by atoms with Gasteiger partial charge in [-0.1, -0.05) is 67.6 Å². The van der Waals surface area contributed by atoms with Crippen molar-refractivity contribution in [2.75, 3.05) is 11.9 Å². The van der Waals surface area contributed by atoms with Crippen molar-refractivity contribution in [3.63, 3.8) is 0 Å². The normalized spacial score (nSPS) is 12.9. The molecular weight excluding hydrogens is 444 g/mol. The summed E-state index contributed by atoms with van der Waals surface area (Å²) in [6.07, 6.45) is -0.0847. The third-order valence-electron chi connectivity index (χ3n) is 6.35. The number of benzene rings is 3. The molecule has 7 nitrogen and oxygen atoms in total. The molecule has 0 radical (unpaired) electrons. The highest BCUT2D eigenvalue weighted by Crippen LogP contribution is 2.44. The molecule has 0 saturated carbocycles. The highest BCUT2D eigenvalue weighted by atomic mass is 16.5. The van der Waals surface area contributed by atoms with Crippen LogP contribution in [-0.4, -0.2) is 35.7 Å². The number of carboxylic acid groups (broad SMARTS) is 1. The molecule has 0 aliphatic heterocycles. The van der Waals surface area contributed by atoms with E-state index in [-0.39, 0.29) is 36.1 Å². The molecular formula is C28H28N2O5. The fourth-order valence-electron chi connectivity index (χ4n) is 4.59. The highest BCUT2D eigenvalue weighted by molar-refractivity contribution is 6.01. The summed E-state index contributed by atoms with van der Waals surface area (Å²) in [5.41, 5.74) is 5.39. The van der Waals surface area contributed by atoms with Crippen LogP contribution >= 0.6 is 0 Å². The average molecular weight is 473 g/mol. The van der Waals surface area contributed by atoms with E-state index in [9.17, 15) is 19.5 Å². The van der Waals surface area contributed by atoms with Crippen molar-refractivity contribution in [2.45, 2.75) is 38.6 Å². The Balaban J connectivity index is 1.36. The van der Waals surface area contributed by atoms with Gasteiger partial charge in [-0.15, -0.1) is 0 Å². The number of aromatic carboxylic acids is 1. The Morgan fingerprint density at radius 1 is 0.943 bits per heavy atom.